The Morgan fingerprint density at radius 3 is 2.75 bits per heavy atom. The average molecular weight is 354 g/mol. The number of fused-ring (bicyclic) bond motifs is 1. The standard InChI is InChI=1S/C15H11BrClFN2/c1-9-4-2-3-5-13(9)20-14-6-10(16)11(18)7-12(14)19-15(20)8-17/h2-7H,8H2,1H3. The van der Waals surface area contributed by atoms with E-state index in [9.17, 15) is 4.39 Å². The lowest BCUT2D eigenvalue weighted by Gasteiger charge is -2.11. The van der Waals surface area contributed by atoms with E-state index in [0.29, 0.717) is 15.8 Å². The van der Waals surface area contributed by atoms with Gasteiger partial charge < -0.3 is 0 Å². The number of hydrogen-bond acceptors (Lipinski definition) is 1. The molecule has 1 heterocycles. The maximum absolute atomic E-state index is 13.6. The Morgan fingerprint density at radius 2 is 2.05 bits per heavy atom. The van der Waals surface area contributed by atoms with Crippen molar-refractivity contribution in [1.82, 2.24) is 9.55 Å². The van der Waals surface area contributed by atoms with Crippen LogP contribution in [0.1, 0.15) is 11.4 Å². The molecular formula is C15H11BrClFN2. The first kappa shape index (κ1) is 13.6. The van der Waals surface area contributed by atoms with Gasteiger partial charge in [0, 0.05) is 6.07 Å². The molecule has 0 radical (unpaired) electrons. The highest BCUT2D eigenvalue weighted by atomic mass is 79.9. The molecule has 20 heavy (non-hydrogen) atoms. The molecular weight excluding hydrogens is 343 g/mol. The number of benzene rings is 2. The van der Waals surface area contributed by atoms with E-state index in [4.69, 9.17) is 11.6 Å². The molecule has 3 rings (SSSR count). The Bertz CT molecular complexity index is 798. The van der Waals surface area contributed by atoms with Gasteiger partial charge in [-0.1, -0.05) is 18.2 Å². The Morgan fingerprint density at radius 1 is 1.30 bits per heavy atom. The van der Waals surface area contributed by atoms with Crippen molar-refractivity contribution in [3.05, 3.63) is 58.1 Å². The zero-order valence-electron chi connectivity index (χ0n) is 10.7. The van der Waals surface area contributed by atoms with Gasteiger partial charge in [-0.25, -0.2) is 9.37 Å². The molecule has 0 unspecified atom stereocenters. The summed E-state index contributed by atoms with van der Waals surface area (Å²) in [6.45, 7) is 2.03. The van der Waals surface area contributed by atoms with Crippen molar-refractivity contribution >= 4 is 38.6 Å². The molecule has 0 saturated carbocycles. The minimum Gasteiger partial charge on any atom is -0.295 e. The fourth-order valence-corrected chi connectivity index (χ4v) is 2.81. The molecule has 0 aliphatic carbocycles. The van der Waals surface area contributed by atoms with Crippen LogP contribution in [-0.2, 0) is 5.88 Å². The van der Waals surface area contributed by atoms with Gasteiger partial charge in [0.15, 0.2) is 0 Å². The van der Waals surface area contributed by atoms with E-state index >= 15 is 0 Å². The number of para-hydroxylation sites is 1. The molecule has 102 valence electrons. The minimum atomic E-state index is -0.326. The summed E-state index contributed by atoms with van der Waals surface area (Å²) in [6.07, 6.45) is 0. The van der Waals surface area contributed by atoms with Gasteiger partial charge in [-0.3, -0.25) is 4.57 Å². The van der Waals surface area contributed by atoms with E-state index in [1.54, 1.807) is 6.07 Å². The van der Waals surface area contributed by atoms with E-state index in [2.05, 4.69) is 20.9 Å². The number of aryl methyl sites for hydroxylation is 1. The number of hydrogen-bond donors (Lipinski definition) is 0. The third kappa shape index (κ3) is 2.13. The lowest BCUT2D eigenvalue weighted by Crippen LogP contribution is -2.01. The van der Waals surface area contributed by atoms with E-state index in [1.165, 1.54) is 6.07 Å². The molecule has 0 fully saturated rings. The normalized spacial score (nSPS) is 11.2. The van der Waals surface area contributed by atoms with Crippen molar-refractivity contribution in [3.8, 4) is 5.69 Å². The molecule has 0 bridgehead atoms. The van der Waals surface area contributed by atoms with Gasteiger partial charge in [0.05, 0.1) is 27.1 Å². The lowest BCUT2D eigenvalue weighted by molar-refractivity contribution is 0.623. The average Bonchev–Trinajstić information content (AvgIpc) is 2.77. The minimum absolute atomic E-state index is 0.266. The Hall–Kier alpha value is -1.39. The predicted molar refractivity (Wildman–Crippen MR) is 83.0 cm³/mol. The smallest absolute Gasteiger partial charge is 0.139 e. The van der Waals surface area contributed by atoms with Crippen LogP contribution in [0.25, 0.3) is 16.7 Å². The highest BCUT2D eigenvalue weighted by Crippen LogP contribution is 2.28. The molecule has 0 aliphatic heterocycles. The molecule has 3 aromatic rings. The predicted octanol–water partition coefficient (Wildman–Crippen LogP) is 4.97. The van der Waals surface area contributed by atoms with Crippen LogP contribution in [0.5, 0.6) is 0 Å². The van der Waals surface area contributed by atoms with Crippen LogP contribution in [-0.4, -0.2) is 9.55 Å². The van der Waals surface area contributed by atoms with Crippen molar-refractivity contribution in [1.29, 1.82) is 0 Å². The summed E-state index contributed by atoms with van der Waals surface area (Å²) >= 11 is 9.22. The number of rotatable bonds is 2. The van der Waals surface area contributed by atoms with E-state index in [1.807, 2.05) is 35.8 Å². The highest BCUT2D eigenvalue weighted by Gasteiger charge is 2.15. The zero-order valence-corrected chi connectivity index (χ0v) is 13.0. The first-order valence-electron chi connectivity index (χ1n) is 6.10. The molecule has 0 aliphatic rings. The third-order valence-electron chi connectivity index (χ3n) is 3.24. The van der Waals surface area contributed by atoms with Gasteiger partial charge in [-0.15, -0.1) is 11.6 Å². The molecule has 0 spiro atoms. The molecule has 2 nitrogen and oxygen atoms in total. The summed E-state index contributed by atoms with van der Waals surface area (Å²) in [7, 11) is 0. The number of halogens is 3. The molecule has 0 atom stereocenters. The van der Waals surface area contributed by atoms with Crippen LogP contribution in [0, 0.1) is 12.7 Å². The van der Waals surface area contributed by atoms with E-state index in [0.717, 1.165) is 16.8 Å². The Labute approximate surface area is 129 Å². The fourth-order valence-electron chi connectivity index (χ4n) is 2.30. The van der Waals surface area contributed by atoms with Crippen LogP contribution >= 0.6 is 27.5 Å². The zero-order chi connectivity index (χ0) is 14.3. The Kier molecular flexibility index (Phi) is 3.52. The number of imidazole rings is 1. The highest BCUT2D eigenvalue weighted by molar-refractivity contribution is 9.10. The number of alkyl halides is 1. The van der Waals surface area contributed by atoms with Crippen LogP contribution in [0.4, 0.5) is 4.39 Å². The van der Waals surface area contributed by atoms with Crippen LogP contribution in [0.2, 0.25) is 0 Å². The maximum atomic E-state index is 13.6. The number of nitrogens with zero attached hydrogens (tertiary/aromatic N) is 2. The van der Waals surface area contributed by atoms with Crippen LogP contribution < -0.4 is 0 Å². The molecule has 1 aromatic heterocycles. The van der Waals surface area contributed by atoms with Gasteiger partial charge in [0.25, 0.3) is 0 Å². The SMILES string of the molecule is Cc1ccccc1-n1c(CCl)nc2cc(F)c(Br)cc21. The van der Waals surface area contributed by atoms with Gasteiger partial charge in [-0.2, -0.15) is 0 Å². The molecule has 0 saturated heterocycles. The topological polar surface area (TPSA) is 17.8 Å². The van der Waals surface area contributed by atoms with Crippen LogP contribution in [0.15, 0.2) is 40.9 Å². The van der Waals surface area contributed by atoms with E-state index in [-0.39, 0.29) is 11.7 Å². The first-order chi connectivity index (χ1) is 9.61. The summed E-state index contributed by atoms with van der Waals surface area (Å²) in [5, 5.41) is 0. The van der Waals surface area contributed by atoms with Gasteiger partial charge >= 0.3 is 0 Å². The molecule has 0 amide bonds. The summed E-state index contributed by atoms with van der Waals surface area (Å²) in [5.41, 5.74) is 3.55. The summed E-state index contributed by atoms with van der Waals surface area (Å²) < 4.78 is 16.0. The fraction of sp³-hybridized carbons (Fsp3) is 0.133. The molecule has 2 aromatic carbocycles. The van der Waals surface area contributed by atoms with E-state index < -0.39 is 0 Å². The lowest BCUT2D eigenvalue weighted by atomic mass is 10.2. The van der Waals surface area contributed by atoms with Gasteiger partial charge in [0.2, 0.25) is 0 Å². The van der Waals surface area contributed by atoms with Gasteiger partial charge in [-0.05, 0) is 40.5 Å². The van der Waals surface area contributed by atoms with Crippen molar-refractivity contribution in [2.45, 2.75) is 12.8 Å². The second-order valence-electron chi connectivity index (χ2n) is 4.54. The first-order valence-corrected chi connectivity index (χ1v) is 7.43. The molecule has 0 N–H and O–H groups in total. The van der Waals surface area contributed by atoms with Gasteiger partial charge in [0.1, 0.15) is 11.6 Å². The summed E-state index contributed by atoms with van der Waals surface area (Å²) in [4.78, 5) is 4.42. The van der Waals surface area contributed by atoms with Crippen LogP contribution in [0.3, 0.4) is 0 Å². The van der Waals surface area contributed by atoms with Crippen molar-refractivity contribution < 1.29 is 4.39 Å². The Balaban J connectivity index is 2.39. The third-order valence-corrected chi connectivity index (χ3v) is 4.09. The molecule has 5 heteroatoms. The second-order valence-corrected chi connectivity index (χ2v) is 5.66. The monoisotopic (exact) mass is 352 g/mol. The summed E-state index contributed by atoms with van der Waals surface area (Å²) in [6, 6.07) is 11.1. The largest absolute Gasteiger partial charge is 0.295 e. The van der Waals surface area contributed by atoms with Crippen molar-refractivity contribution in [2.75, 3.05) is 0 Å². The van der Waals surface area contributed by atoms with Crippen molar-refractivity contribution in [3.63, 3.8) is 0 Å². The summed E-state index contributed by atoms with van der Waals surface area (Å²) in [5.74, 6) is 0.643. The quantitative estimate of drug-likeness (QED) is 0.594. The maximum Gasteiger partial charge on any atom is 0.139 e. The second kappa shape index (κ2) is 5.19. The number of aromatic nitrogens is 2. The van der Waals surface area contributed by atoms with Crippen molar-refractivity contribution in [2.24, 2.45) is 0 Å².